The molecule has 0 spiro atoms. The lowest BCUT2D eigenvalue weighted by molar-refractivity contribution is 0.466. The van der Waals surface area contributed by atoms with Gasteiger partial charge in [-0.25, -0.2) is 4.39 Å². The van der Waals surface area contributed by atoms with Gasteiger partial charge < -0.3 is 10.4 Å². The number of hydrogen-bond donors (Lipinski definition) is 2. The average Bonchev–Trinajstić information content (AvgIpc) is 2.35. The number of benzene rings is 2. The Morgan fingerprint density at radius 2 is 2.05 bits per heavy atom. The second-order valence-electron chi connectivity index (χ2n) is 4.48. The Morgan fingerprint density at radius 1 is 1.26 bits per heavy atom. The fraction of sp³-hybridized carbons (Fsp3) is 0.200. The Balaban J connectivity index is 2.02. The molecule has 0 heterocycles. The predicted molar refractivity (Wildman–Crippen MR) is 77.5 cm³/mol. The fourth-order valence-corrected chi connectivity index (χ4v) is 2.32. The van der Waals surface area contributed by atoms with E-state index in [4.69, 9.17) is 0 Å². The van der Waals surface area contributed by atoms with E-state index in [2.05, 4.69) is 21.2 Å². The molecule has 2 rings (SSSR count). The maximum absolute atomic E-state index is 13.1. The maximum Gasteiger partial charge on any atom is 0.127 e. The van der Waals surface area contributed by atoms with E-state index in [0.717, 1.165) is 21.7 Å². The van der Waals surface area contributed by atoms with Gasteiger partial charge in [0.15, 0.2) is 0 Å². The van der Waals surface area contributed by atoms with Crippen molar-refractivity contribution in [2.75, 3.05) is 0 Å². The third-order valence-corrected chi connectivity index (χ3v) is 3.40. The van der Waals surface area contributed by atoms with E-state index in [1.165, 1.54) is 6.07 Å². The highest BCUT2D eigenvalue weighted by Crippen LogP contribution is 2.19. The highest BCUT2D eigenvalue weighted by Gasteiger charge is 2.06. The molecule has 0 aromatic heterocycles. The second-order valence-corrected chi connectivity index (χ2v) is 5.39. The zero-order chi connectivity index (χ0) is 13.8. The van der Waals surface area contributed by atoms with Gasteiger partial charge in [-0.2, -0.15) is 0 Å². The van der Waals surface area contributed by atoms with Gasteiger partial charge in [-0.1, -0.05) is 28.1 Å². The van der Waals surface area contributed by atoms with Crippen molar-refractivity contribution in [3.63, 3.8) is 0 Å². The molecule has 4 heteroatoms. The van der Waals surface area contributed by atoms with E-state index < -0.39 is 5.82 Å². The Hall–Kier alpha value is -1.39. The summed E-state index contributed by atoms with van der Waals surface area (Å²) in [7, 11) is 0. The number of nitrogens with one attached hydrogen (secondary N) is 1. The van der Waals surface area contributed by atoms with Crippen LogP contribution in [-0.4, -0.2) is 5.11 Å². The SMILES string of the molecule is C[C@@H](NCc1cc(O)cc(F)c1)c1cccc(Br)c1. The van der Waals surface area contributed by atoms with Crippen LogP contribution >= 0.6 is 15.9 Å². The second kappa shape index (κ2) is 6.17. The first kappa shape index (κ1) is 14.0. The van der Waals surface area contributed by atoms with Gasteiger partial charge in [0, 0.05) is 23.1 Å². The first-order chi connectivity index (χ1) is 9.04. The number of halogens is 2. The summed E-state index contributed by atoms with van der Waals surface area (Å²) < 4.78 is 14.2. The summed E-state index contributed by atoms with van der Waals surface area (Å²) in [5.41, 5.74) is 1.87. The number of phenols is 1. The van der Waals surface area contributed by atoms with Crippen LogP contribution in [0.15, 0.2) is 46.9 Å². The Bertz CT molecular complexity index is 554. The van der Waals surface area contributed by atoms with Crippen LogP contribution in [0.4, 0.5) is 4.39 Å². The van der Waals surface area contributed by atoms with Crippen LogP contribution in [-0.2, 0) is 6.54 Å². The van der Waals surface area contributed by atoms with Gasteiger partial charge in [0.1, 0.15) is 11.6 Å². The lowest BCUT2D eigenvalue weighted by Gasteiger charge is -2.15. The van der Waals surface area contributed by atoms with E-state index in [-0.39, 0.29) is 11.8 Å². The summed E-state index contributed by atoms with van der Waals surface area (Å²) in [5, 5.41) is 12.6. The molecular weight excluding hydrogens is 309 g/mol. The van der Waals surface area contributed by atoms with Crippen LogP contribution < -0.4 is 5.32 Å². The first-order valence-corrected chi connectivity index (χ1v) is 6.81. The topological polar surface area (TPSA) is 32.3 Å². The molecule has 1 atom stereocenters. The van der Waals surface area contributed by atoms with Crippen molar-refractivity contribution < 1.29 is 9.50 Å². The largest absolute Gasteiger partial charge is 0.508 e. The van der Waals surface area contributed by atoms with Crippen LogP contribution in [0.2, 0.25) is 0 Å². The Morgan fingerprint density at radius 3 is 2.74 bits per heavy atom. The quantitative estimate of drug-likeness (QED) is 0.886. The van der Waals surface area contributed by atoms with Crippen molar-refractivity contribution in [1.82, 2.24) is 5.32 Å². The van der Waals surface area contributed by atoms with Crippen molar-refractivity contribution in [2.24, 2.45) is 0 Å². The smallest absolute Gasteiger partial charge is 0.127 e. The molecule has 19 heavy (non-hydrogen) atoms. The first-order valence-electron chi connectivity index (χ1n) is 6.02. The molecule has 0 bridgehead atoms. The van der Waals surface area contributed by atoms with Gasteiger partial charge in [0.2, 0.25) is 0 Å². The van der Waals surface area contributed by atoms with E-state index >= 15 is 0 Å². The molecule has 2 nitrogen and oxygen atoms in total. The average molecular weight is 324 g/mol. The normalized spacial score (nSPS) is 12.4. The van der Waals surface area contributed by atoms with Gasteiger partial charge in [0.25, 0.3) is 0 Å². The van der Waals surface area contributed by atoms with Gasteiger partial charge >= 0.3 is 0 Å². The number of rotatable bonds is 4. The van der Waals surface area contributed by atoms with Crippen LogP contribution in [0, 0.1) is 5.82 Å². The van der Waals surface area contributed by atoms with E-state index in [9.17, 15) is 9.50 Å². The maximum atomic E-state index is 13.1. The molecule has 0 amide bonds. The fourth-order valence-electron chi connectivity index (χ4n) is 1.90. The van der Waals surface area contributed by atoms with Crippen molar-refractivity contribution >= 4 is 15.9 Å². The monoisotopic (exact) mass is 323 g/mol. The number of phenolic OH excluding ortho intramolecular Hbond substituents is 1. The van der Waals surface area contributed by atoms with Crippen LogP contribution in [0.1, 0.15) is 24.1 Å². The molecule has 0 aliphatic heterocycles. The standard InChI is InChI=1S/C15H15BrFNO/c1-10(12-3-2-4-13(16)7-12)18-9-11-5-14(17)8-15(19)6-11/h2-8,10,18-19H,9H2,1H3/t10-/m1/s1. The zero-order valence-corrected chi connectivity index (χ0v) is 12.1. The summed E-state index contributed by atoms with van der Waals surface area (Å²) in [6.45, 7) is 2.54. The highest BCUT2D eigenvalue weighted by atomic mass is 79.9. The minimum Gasteiger partial charge on any atom is -0.508 e. The van der Waals surface area contributed by atoms with Gasteiger partial charge in [-0.3, -0.25) is 0 Å². The summed E-state index contributed by atoms with van der Waals surface area (Å²) >= 11 is 3.44. The minimum absolute atomic E-state index is 0.0492. The summed E-state index contributed by atoms with van der Waals surface area (Å²) in [6, 6.07) is 12.2. The lowest BCUT2D eigenvalue weighted by Crippen LogP contribution is -2.18. The van der Waals surface area contributed by atoms with E-state index in [0.29, 0.717) is 6.54 Å². The van der Waals surface area contributed by atoms with Crippen LogP contribution in [0.25, 0.3) is 0 Å². The van der Waals surface area contributed by atoms with E-state index in [1.54, 1.807) is 6.07 Å². The highest BCUT2D eigenvalue weighted by molar-refractivity contribution is 9.10. The number of hydrogen-bond acceptors (Lipinski definition) is 2. The molecule has 0 aliphatic carbocycles. The van der Waals surface area contributed by atoms with Gasteiger partial charge in [-0.15, -0.1) is 0 Å². The summed E-state index contributed by atoms with van der Waals surface area (Å²) in [5.74, 6) is -0.473. The lowest BCUT2D eigenvalue weighted by atomic mass is 10.1. The molecular formula is C15H15BrFNO. The molecule has 0 unspecified atom stereocenters. The molecule has 0 aliphatic rings. The third kappa shape index (κ3) is 4.04. The molecule has 2 N–H and O–H groups in total. The Labute approximate surface area is 120 Å². The predicted octanol–water partition coefficient (Wildman–Crippen LogP) is 4.14. The Kier molecular flexibility index (Phi) is 4.56. The van der Waals surface area contributed by atoms with Crippen LogP contribution in [0.3, 0.4) is 0 Å². The number of aromatic hydroxyl groups is 1. The van der Waals surface area contributed by atoms with Crippen molar-refractivity contribution in [2.45, 2.75) is 19.5 Å². The molecule has 0 saturated heterocycles. The summed E-state index contributed by atoms with van der Waals surface area (Å²) in [4.78, 5) is 0. The molecule has 0 radical (unpaired) electrons. The van der Waals surface area contributed by atoms with E-state index in [1.807, 2.05) is 31.2 Å². The van der Waals surface area contributed by atoms with Crippen LogP contribution in [0.5, 0.6) is 5.75 Å². The van der Waals surface area contributed by atoms with Crippen molar-refractivity contribution in [3.8, 4) is 5.75 Å². The molecule has 0 saturated carbocycles. The zero-order valence-electron chi connectivity index (χ0n) is 10.5. The van der Waals surface area contributed by atoms with Gasteiger partial charge in [-0.05, 0) is 42.3 Å². The van der Waals surface area contributed by atoms with Gasteiger partial charge in [0.05, 0.1) is 0 Å². The van der Waals surface area contributed by atoms with Crippen molar-refractivity contribution in [1.29, 1.82) is 0 Å². The molecule has 100 valence electrons. The third-order valence-electron chi connectivity index (χ3n) is 2.90. The minimum atomic E-state index is -0.424. The molecule has 2 aromatic carbocycles. The van der Waals surface area contributed by atoms with Crippen molar-refractivity contribution in [3.05, 3.63) is 63.9 Å². The summed E-state index contributed by atoms with van der Waals surface area (Å²) in [6.07, 6.45) is 0. The molecule has 2 aromatic rings. The molecule has 0 fully saturated rings.